The molecule has 0 aliphatic heterocycles. The molecule has 0 atom stereocenters. The van der Waals surface area contributed by atoms with Crippen LogP contribution in [0.4, 0.5) is 0 Å². The summed E-state index contributed by atoms with van der Waals surface area (Å²) in [6.45, 7) is 14.5. The summed E-state index contributed by atoms with van der Waals surface area (Å²) in [4.78, 5) is 11.1. The second-order valence-corrected chi connectivity index (χ2v) is 25.6. The van der Waals surface area contributed by atoms with E-state index in [9.17, 15) is 0 Å². The summed E-state index contributed by atoms with van der Waals surface area (Å²) in [7, 11) is -2.49. The molecule has 0 radical (unpaired) electrons. The molecule has 0 nitrogen and oxygen atoms in total. The predicted octanol–water partition coefficient (Wildman–Crippen LogP) is 9.75. The number of hydrogen-bond donors (Lipinski definition) is 0. The highest BCUT2D eigenvalue weighted by atomic mass is 32.1. The summed E-state index contributed by atoms with van der Waals surface area (Å²) in [5.41, 5.74) is 0. The number of thiophene rings is 5. The van der Waals surface area contributed by atoms with Gasteiger partial charge in [0.15, 0.2) is 0 Å². The Balaban J connectivity index is 1.36. The van der Waals surface area contributed by atoms with E-state index in [-0.39, 0.29) is 0 Å². The van der Waals surface area contributed by atoms with Crippen LogP contribution in [0.1, 0.15) is 0 Å². The fourth-order valence-corrected chi connectivity index (χ4v) is 13.0. The van der Waals surface area contributed by atoms with Gasteiger partial charge in [-0.15, -0.1) is 56.7 Å². The Hall–Kier alpha value is -1.07. The largest absolute Gasteiger partial charge is 0.143 e. The van der Waals surface area contributed by atoms with Crippen molar-refractivity contribution in [2.24, 2.45) is 0 Å². The third-order valence-electron chi connectivity index (χ3n) is 5.72. The van der Waals surface area contributed by atoms with E-state index in [0.29, 0.717) is 0 Å². The molecule has 33 heavy (non-hydrogen) atoms. The van der Waals surface area contributed by atoms with Gasteiger partial charge in [0, 0.05) is 39.0 Å². The molecule has 5 aromatic rings. The zero-order valence-corrected chi connectivity index (χ0v) is 25.9. The van der Waals surface area contributed by atoms with Crippen molar-refractivity contribution in [3.63, 3.8) is 0 Å². The summed E-state index contributed by atoms with van der Waals surface area (Å²) in [5, 5.41) is 7.87. The van der Waals surface area contributed by atoms with Gasteiger partial charge in [-0.2, -0.15) is 0 Å². The normalized spacial score (nSPS) is 12.5. The van der Waals surface area contributed by atoms with E-state index in [1.165, 1.54) is 39.0 Å². The van der Waals surface area contributed by atoms with Crippen molar-refractivity contribution >= 4 is 83.2 Å². The summed E-state index contributed by atoms with van der Waals surface area (Å²) < 4.78 is 0. The first kappa shape index (κ1) is 23.7. The monoisotopic (exact) mass is 556 g/mol. The molecule has 0 fully saturated rings. The van der Waals surface area contributed by atoms with E-state index < -0.39 is 16.1 Å². The molecule has 5 heterocycles. The molecule has 0 saturated heterocycles. The molecule has 0 bridgehead atoms. The maximum absolute atomic E-state index is 2.43. The van der Waals surface area contributed by atoms with Gasteiger partial charge >= 0.3 is 0 Å². The number of rotatable bonds is 6. The van der Waals surface area contributed by atoms with Gasteiger partial charge in [-0.3, -0.25) is 0 Å². The summed E-state index contributed by atoms with van der Waals surface area (Å²) in [5.74, 6) is 0. The van der Waals surface area contributed by atoms with Crippen molar-refractivity contribution < 1.29 is 0 Å². The van der Waals surface area contributed by atoms with Crippen LogP contribution in [0.3, 0.4) is 0 Å². The lowest BCUT2D eigenvalue weighted by Crippen LogP contribution is -2.36. The summed E-state index contributed by atoms with van der Waals surface area (Å²) in [6, 6.07) is 18.6. The zero-order chi connectivity index (χ0) is 23.4. The molecule has 0 aliphatic carbocycles. The minimum atomic E-state index is -1.25. The van der Waals surface area contributed by atoms with Gasteiger partial charge in [0.05, 0.1) is 16.1 Å². The van der Waals surface area contributed by atoms with Crippen molar-refractivity contribution in [3.8, 4) is 39.0 Å². The standard InChI is InChI=1S/C26H28S5Si2/c1-32(2,3)17-13-25(27-15-17)23-11-9-21(30-23)19-7-8-20(29-19)22-10-12-24(31-22)26-14-18(16-28-26)33(4,5)6/h7-16H,1-6H3. The molecule has 0 unspecified atom stereocenters. The molecule has 5 rings (SSSR count). The van der Waals surface area contributed by atoms with Gasteiger partial charge in [-0.25, -0.2) is 0 Å². The lowest BCUT2D eigenvalue weighted by atomic mass is 10.3. The van der Waals surface area contributed by atoms with Crippen LogP contribution in [0.5, 0.6) is 0 Å². The average molecular weight is 557 g/mol. The summed E-state index contributed by atoms with van der Waals surface area (Å²) >= 11 is 9.56. The van der Waals surface area contributed by atoms with Gasteiger partial charge in [0.2, 0.25) is 0 Å². The third kappa shape index (κ3) is 5.00. The Kier molecular flexibility index (Phi) is 6.35. The van der Waals surface area contributed by atoms with E-state index >= 15 is 0 Å². The van der Waals surface area contributed by atoms with E-state index in [0.717, 1.165) is 0 Å². The van der Waals surface area contributed by atoms with E-state index in [1.807, 2.05) is 56.7 Å². The molecule has 0 aromatic carbocycles. The minimum absolute atomic E-state index is 1.25. The SMILES string of the molecule is C[Si](C)(C)c1csc(-c2ccc(-c3ccc(-c4ccc(-c5cc([Si](C)(C)C)cs5)s4)s3)s2)c1. The van der Waals surface area contributed by atoms with Crippen molar-refractivity contribution in [3.05, 3.63) is 59.3 Å². The quantitative estimate of drug-likeness (QED) is 0.183. The highest BCUT2D eigenvalue weighted by Gasteiger charge is 2.20. The fourth-order valence-electron chi connectivity index (χ4n) is 3.53. The highest BCUT2D eigenvalue weighted by molar-refractivity contribution is 7.29. The second kappa shape index (κ2) is 8.86. The van der Waals surface area contributed by atoms with E-state index in [4.69, 9.17) is 0 Å². The van der Waals surface area contributed by atoms with Crippen molar-refractivity contribution in [1.29, 1.82) is 0 Å². The maximum atomic E-state index is 2.43. The Morgan fingerprint density at radius 1 is 0.424 bits per heavy atom. The molecule has 0 saturated carbocycles. The molecule has 170 valence electrons. The topological polar surface area (TPSA) is 0 Å². The first-order valence-electron chi connectivity index (χ1n) is 11.1. The van der Waals surface area contributed by atoms with Crippen LogP contribution >= 0.6 is 56.7 Å². The molecule has 0 amide bonds. The van der Waals surface area contributed by atoms with Gasteiger partial charge in [0.25, 0.3) is 0 Å². The van der Waals surface area contributed by atoms with Crippen molar-refractivity contribution in [1.82, 2.24) is 0 Å². The van der Waals surface area contributed by atoms with E-state index in [2.05, 4.69) is 98.6 Å². The summed E-state index contributed by atoms with van der Waals surface area (Å²) in [6.07, 6.45) is 0. The molecule has 0 N–H and O–H groups in total. The lowest BCUT2D eigenvalue weighted by Gasteiger charge is -2.12. The van der Waals surface area contributed by atoms with Crippen LogP contribution in [0, 0.1) is 0 Å². The number of hydrogen-bond acceptors (Lipinski definition) is 5. The molecular formula is C26H28S5Si2. The highest BCUT2D eigenvalue weighted by Crippen LogP contribution is 2.44. The maximum Gasteiger partial charge on any atom is 0.0787 e. The van der Waals surface area contributed by atoms with E-state index in [1.54, 1.807) is 10.4 Å². The molecule has 5 aromatic heterocycles. The zero-order valence-electron chi connectivity index (χ0n) is 19.8. The van der Waals surface area contributed by atoms with Crippen LogP contribution in [0.15, 0.2) is 59.3 Å². The molecule has 0 spiro atoms. The second-order valence-electron chi connectivity index (χ2n) is 10.4. The van der Waals surface area contributed by atoms with Gasteiger partial charge in [-0.05, 0) is 69.7 Å². The first-order chi connectivity index (χ1) is 15.6. The van der Waals surface area contributed by atoms with Crippen molar-refractivity contribution in [2.75, 3.05) is 0 Å². The molecular weight excluding hydrogens is 529 g/mol. The Labute approximate surface area is 219 Å². The Morgan fingerprint density at radius 3 is 0.939 bits per heavy atom. The van der Waals surface area contributed by atoms with Crippen LogP contribution in [0.25, 0.3) is 39.0 Å². The molecule has 0 aliphatic rings. The Bertz CT molecular complexity index is 1290. The third-order valence-corrected chi connectivity index (χ3v) is 16.1. The predicted molar refractivity (Wildman–Crippen MR) is 164 cm³/mol. The van der Waals surface area contributed by atoms with Gasteiger partial charge < -0.3 is 0 Å². The van der Waals surface area contributed by atoms with Crippen LogP contribution < -0.4 is 10.4 Å². The van der Waals surface area contributed by atoms with Gasteiger partial charge in [0.1, 0.15) is 0 Å². The minimum Gasteiger partial charge on any atom is -0.143 e. The van der Waals surface area contributed by atoms with Gasteiger partial charge in [-0.1, -0.05) is 39.3 Å². The fraction of sp³-hybridized carbons (Fsp3) is 0.231. The smallest absolute Gasteiger partial charge is 0.0787 e. The van der Waals surface area contributed by atoms with Crippen LogP contribution in [0.2, 0.25) is 39.3 Å². The molecule has 7 heteroatoms. The van der Waals surface area contributed by atoms with Crippen molar-refractivity contribution in [2.45, 2.75) is 39.3 Å². The lowest BCUT2D eigenvalue weighted by molar-refractivity contribution is 1.76. The van der Waals surface area contributed by atoms with Crippen LogP contribution in [-0.2, 0) is 0 Å². The Morgan fingerprint density at radius 2 is 0.697 bits per heavy atom. The average Bonchev–Trinajstić information content (AvgIpc) is 3.56. The van der Waals surface area contributed by atoms with Crippen LogP contribution in [-0.4, -0.2) is 16.1 Å². The first-order valence-corrected chi connectivity index (χ1v) is 22.3.